The number of rotatable bonds is 3. The molecular formula is C18H30N2O3. The summed E-state index contributed by atoms with van der Waals surface area (Å²) in [7, 11) is 0. The van der Waals surface area contributed by atoms with Crippen LogP contribution >= 0.6 is 0 Å². The number of urea groups is 1. The summed E-state index contributed by atoms with van der Waals surface area (Å²) in [5.41, 5.74) is 0. The van der Waals surface area contributed by atoms with Crippen molar-refractivity contribution in [2.75, 3.05) is 19.8 Å². The summed E-state index contributed by atoms with van der Waals surface area (Å²) in [6.45, 7) is 2.15. The Hall–Kier alpha value is -0.810. The molecule has 0 spiro atoms. The highest BCUT2D eigenvalue weighted by atomic mass is 16.7. The van der Waals surface area contributed by atoms with E-state index in [-0.39, 0.29) is 18.4 Å². The largest absolute Gasteiger partial charge is 0.348 e. The van der Waals surface area contributed by atoms with Gasteiger partial charge in [-0.15, -0.1) is 0 Å². The van der Waals surface area contributed by atoms with E-state index in [4.69, 9.17) is 9.47 Å². The van der Waals surface area contributed by atoms with Crippen LogP contribution in [-0.4, -0.2) is 49.1 Å². The van der Waals surface area contributed by atoms with E-state index < -0.39 is 0 Å². The minimum Gasteiger partial charge on any atom is -0.348 e. The van der Waals surface area contributed by atoms with Crippen LogP contribution in [-0.2, 0) is 9.47 Å². The van der Waals surface area contributed by atoms with Crippen molar-refractivity contribution in [2.24, 2.45) is 11.8 Å². The van der Waals surface area contributed by atoms with Gasteiger partial charge in [0.1, 0.15) is 0 Å². The first-order chi connectivity index (χ1) is 11.3. The molecule has 4 fully saturated rings. The Morgan fingerprint density at radius 1 is 0.957 bits per heavy atom. The zero-order valence-corrected chi connectivity index (χ0v) is 14.0. The highest BCUT2D eigenvalue weighted by Gasteiger charge is 2.45. The average Bonchev–Trinajstić information content (AvgIpc) is 3.15. The maximum absolute atomic E-state index is 12.7. The normalized spacial score (nSPS) is 36.2. The fourth-order valence-corrected chi connectivity index (χ4v) is 4.80. The molecule has 0 aromatic carbocycles. The Bertz CT molecular complexity index is 418. The van der Waals surface area contributed by atoms with Crippen molar-refractivity contribution in [1.29, 1.82) is 0 Å². The molecule has 1 N–H and O–H groups in total. The smallest absolute Gasteiger partial charge is 0.318 e. The molecule has 4 rings (SSSR count). The number of nitrogens with zero attached hydrogens (tertiary/aromatic N) is 1. The maximum Gasteiger partial charge on any atom is 0.318 e. The van der Waals surface area contributed by atoms with Gasteiger partial charge in [0.2, 0.25) is 0 Å². The third-order valence-electron chi connectivity index (χ3n) is 6.18. The van der Waals surface area contributed by atoms with Crippen LogP contribution in [0.1, 0.15) is 57.8 Å². The van der Waals surface area contributed by atoms with Gasteiger partial charge in [0.25, 0.3) is 0 Å². The minimum atomic E-state index is -0.214. The molecule has 23 heavy (non-hydrogen) atoms. The lowest BCUT2D eigenvalue weighted by Gasteiger charge is -2.38. The lowest BCUT2D eigenvalue weighted by atomic mass is 9.85. The molecule has 2 aliphatic carbocycles. The van der Waals surface area contributed by atoms with Crippen LogP contribution in [0.25, 0.3) is 0 Å². The van der Waals surface area contributed by atoms with Crippen LogP contribution in [0.15, 0.2) is 0 Å². The van der Waals surface area contributed by atoms with Crippen LogP contribution < -0.4 is 5.32 Å². The van der Waals surface area contributed by atoms with Crippen molar-refractivity contribution in [3.05, 3.63) is 0 Å². The molecule has 0 aromatic rings. The number of nitrogens with one attached hydrogen (secondary N) is 1. The molecule has 2 heterocycles. The van der Waals surface area contributed by atoms with Gasteiger partial charge in [-0.05, 0) is 37.5 Å². The summed E-state index contributed by atoms with van der Waals surface area (Å²) >= 11 is 0. The highest BCUT2D eigenvalue weighted by Crippen LogP contribution is 2.44. The number of carbonyl (C=O) groups is 1. The Balaban J connectivity index is 1.31. The summed E-state index contributed by atoms with van der Waals surface area (Å²) < 4.78 is 11.3. The molecule has 2 aliphatic heterocycles. The number of hydrogen-bond acceptors (Lipinski definition) is 3. The minimum absolute atomic E-state index is 0.0955. The van der Waals surface area contributed by atoms with Gasteiger partial charge in [0.15, 0.2) is 6.29 Å². The summed E-state index contributed by atoms with van der Waals surface area (Å²) in [6.07, 6.45) is 11.1. The van der Waals surface area contributed by atoms with E-state index in [1.54, 1.807) is 0 Å². The van der Waals surface area contributed by atoms with Crippen molar-refractivity contribution in [1.82, 2.24) is 10.2 Å². The maximum atomic E-state index is 12.7. The molecule has 2 amide bonds. The lowest BCUT2D eigenvalue weighted by Crippen LogP contribution is -2.54. The number of carbonyl (C=O) groups excluding carboxylic acids is 1. The Kier molecular flexibility index (Phi) is 4.76. The quantitative estimate of drug-likeness (QED) is 0.869. The molecule has 0 aromatic heterocycles. The molecule has 3 atom stereocenters. The van der Waals surface area contributed by atoms with E-state index in [1.807, 2.05) is 4.90 Å². The molecular weight excluding hydrogens is 292 g/mol. The van der Waals surface area contributed by atoms with Gasteiger partial charge in [0, 0.05) is 12.6 Å². The van der Waals surface area contributed by atoms with Crippen LogP contribution in [0, 0.1) is 11.8 Å². The molecule has 0 bridgehead atoms. The first-order valence-corrected chi connectivity index (χ1v) is 9.63. The van der Waals surface area contributed by atoms with Crippen molar-refractivity contribution in [3.63, 3.8) is 0 Å². The van der Waals surface area contributed by atoms with E-state index in [0.717, 1.165) is 37.6 Å². The summed E-state index contributed by atoms with van der Waals surface area (Å²) in [4.78, 5) is 14.7. The van der Waals surface area contributed by atoms with Gasteiger partial charge in [-0.2, -0.15) is 0 Å². The third-order valence-corrected chi connectivity index (χ3v) is 6.18. The first kappa shape index (κ1) is 15.7. The standard InChI is InChI=1S/C18H30N2O3/c21-18(19-15-12-14(15)13-6-2-1-3-7-13)20-9-5-4-8-16(20)17-22-10-11-23-17/h13-17H,1-12H2,(H,19,21)/t14-,15+,16-/m0/s1. The Morgan fingerprint density at radius 3 is 2.48 bits per heavy atom. The molecule has 5 nitrogen and oxygen atoms in total. The molecule has 2 saturated carbocycles. The second kappa shape index (κ2) is 6.98. The van der Waals surface area contributed by atoms with Gasteiger partial charge < -0.3 is 19.7 Å². The van der Waals surface area contributed by atoms with Crippen molar-refractivity contribution in [3.8, 4) is 0 Å². The molecule has 2 saturated heterocycles. The van der Waals surface area contributed by atoms with Gasteiger partial charge >= 0.3 is 6.03 Å². The molecule has 130 valence electrons. The third kappa shape index (κ3) is 3.50. The predicted molar refractivity (Wildman–Crippen MR) is 87.0 cm³/mol. The van der Waals surface area contributed by atoms with E-state index in [1.165, 1.54) is 38.5 Å². The van der Waals surface area contributed by atoms with Gasteiger partial charge in [0.05, 0.1) is 19.3 Å². The van der Waals surface area contributed by atoms with Crippen LogP contribution in [0.2, 0.25) is 0 Å². The average molecular weight is 322 g/mol. The van der Waals surface area contributed by atoms with Crippen LogP contribution in [0.4, 0.5) is 4.79 Å². The van der Waals surface area contributed by atoms with Crippen LogP contribution in [0.5, 0.6) is 0 Å². The number of piperidine rings is 1. The predicted octanol–water partition coefficient (Wildman–Crippen LogP) is 2.89. The Morgan fingerprint density at radius 2 is 1.70 bits per heavy atom. The number of amides is 2. The van der Waals surface area contributed by atoms with Crippen LogP contribution in [0.3, 0.4) is 0 Å². The van der Waals surface area contributed by atoms with Gasteiger partial charge in [-0.1, -0.05) is 32.1 Å². The summed E-state index contributed by atoms with van der Waals surface area (Å²) in [6, 6.07) is 0.619. The van der Waals surface area contributed by atoms with E-state index in [0.29, 0.717) is 19.3 Å². The lowest BCUT2D eigenvalue weighted by molar-refractivity contribution is -0.0983. The van der Waals surface area contributed by atoms with E-state index in [2.05, 4.69) is 5.32 Å². The number of ether oxygens (including phenoxy) is 2. The molecule has 0 radical (unpaired) electrons. The second-order valence-corrected chi connectivity index (χ2v) is 7.72. The van der Waals surface area contributed by atoms with Crippen molar-refractivity contribution < 1.29 is 14.3 Å². The van der Waals surface area contributed by atoms with Crippen molar-refractivity contribution >= 4 is 6.03 Å². The highest BCUT2D eigenvalue weighted by molar-refractivity contribution is 5.75. The number of likely N-dealkylation sites (tertiary alicyclic amines) is 1. The first-order valence-electron chi connectivity index (χ1n) is 9.63. The number of hydrogen-bond donors (Lipinski definition) is 1. The fourth-order valence-electron chi connectivity index (χ4n) is 4.80. The molecule has 0 unspecified atom stereocenters. The Labute approximate surface area is 139 Å². The van der Waals surface area contributed by atoms with E-state index in [9.17, 15) is 4.79 Å². The van der Waals surface area contributed by atoms with Crippen molar-refractivity contribution in [2.45, 2.75) is 76.2 Å². The zero-order chi connectivity index (χ0) is 15.6. The zero-order valence-electron chi connectivity index (χ0n) is 14.0. The van der Waals surface area contributed by atoms with Gasteiger partial charge in [-0.3, -0.25) is 0 Å². The molecule has 5 heteroatoms. The monoisotopic (exact) mass is 322 g/mol. The second-order valence-electron chi connectivity index (χ2n) is 7.72. The fraction of sp³-hybridized carbons (Fsp3) is 0.944. The molecule has 4 aliphatic rings. The topological polar surface area (TPSA) is 50.8 Å². The van der Waals surface area contributed by atoms with Gasteiger partial charge in [-0.25, -0.2) is 4.79 Å². The summed E-state index contributed by atoms with van der Waals surface area (Å²) in [5, 5.41) is 3.30. The SMILES string of the molecule is O=C(N[C@@H]1C[C@H]1C1CCCCC1)N1CCCC[C@H]1C1OCCO1. The van der Waals surface area contributed by atoms with E-state index >= 15 is 0 Å². The summed E-state index contributed by atoms with van der Waals surface area (Å²) in [5.74, 6) is 1.59.